The summed E-state index contributed by atoms with van der Waals surface area (Å²) in [6.07, 6.45) is 0.824. The standard InChI is InChI=1S/C11H15NO4/c1-3-16-10(13)7-5-8-4-6-9(12-8)11(14)15-2/h4,6,12H,3,5,7H2,1-2H3. The molecule has 5 heteroatoms. The fourth-order valence-corrected chi connectivity index (χ4v) is 1.28. The number of methoxy groups -OCH3 is 1. The first-order chi connectivity index (χ1) is 7.67. The van der Waals surface area contributed by atoms with E-state index in [9.17, 15) is 9.59 Å². The van der Waals surface area contributed by atoms with Crippen LogP contribution in [0.5, 0.6) is 0 Å². The van der Waals surface area contributed by atoms with Gasteiger partial charge in [-0.2, -0.15) is 0 Å². The fraction of sp³-hybridized carbons (Fsp3) is 0.455. The predicted molar refractivity (Wildman–Crippen MR) is 57.1 cm³/mol. The van der Waals surface area contributed by atoms with E-state index in [4.69, 9.17) is 4.74 Å². The van der Waals surface area contributed by atoms with Gasteiger partial charge < -0.3 is 14.5 Å². The third-order valence-corrected chi connectivity index (χ3v) is 2.06. The number of carbonyl (C=O) groups is 2. The topological polar surface area (TPSA) is 68.4 Å². The molecule has 1 rings (SSSR count). The minimum absolute atomic E-state index is 0.239. The maximum Gasteiger partial charge on any atom is 0.354 e. The van der Waals surface area contributed by atoms with Crippen LogP contribution >= 0.6 is 0 Å². The summed E-state index contributed by atoms with van der Waals surface area (Å²) in [6, 6.07) is 3.39. The summed E-state index contributed by atoms with van der Waals surface area (Å²) < 4.78 is 9.35. The summed E-state index contributed by atoms with van der Waals surface area (Å²) in [6.45, 7) is 2.15. The molecule has 0 aromatic carbocycles. The van der Waals surface area contributed by atoms with Crippen molar-refractivity contribution in [3.63, 3.8) is 0 Å². The quantitative estimate of drug-likeness (QED) is 0.767. The maximum atomic E-state index is 11.1. The van der Waals surface area contributed by atoms with Gasteiger partial charge in [-0.05, 0) is 25.5 Å². The van der Waals surface area contributed by atoms with Crippen molar-refractivity contribution in [3.05, 3.63) is 23.5 Å². The number of nitrogens with one attached hydrogen (secondary N) is 1. The second kappa shape index (κ2) is 5.95. The Morgan fingerprint density at radius 3 is 2.75 bits per heavy atom. The molecule has 0 aliphatic heterocycles. The first-order valence-electron chi connectivity index (χ1n) is 5.09. The Morgan fingerprint density at radius 1 is 1.38 bits per heavy atom. The van der Waals surface area contributed by atoms with E-state index in [1.54, 1.807) is 19.1 Å². The molecule has 0 bridgehead atoms. The lowest BCUT2D eigenvalue weighted by Crippen LogP contribution is -2.06. The van der Waals surface area contributed by atoms with E-state index in [1.165, 1.54) is 7.11 Å². The molecular formula is C11H15NO4. The van der Waals surface area contributed by atoms with E-state index >= 15 is 0 Å². The molecule has 1 aromatic rings. The molecule has 0 amide bonds. The minimum atomic E-state index is -0.414. The zero-order chi connectivity index (χ0) is 12.0. The molecule has 0 spiro atoms. The molecule has 0 aliphatic rings. The Labute approximate surface area is 93.7 Å². The molecule has 0 saturated carbocycles. The van der Waals surface area contributed by atoms with Gasteiger partial charge in [0.05, 0.1) is 20.1 Å². The molecule has 0 unspecified atom stereocenters. The second-order valence-corrected chi connectivity index (χ2v) is 3.19. The van der Waals surface area contributed by atoms with Crippen molar-refractivity contribution in [2.45, 2.75) is 19.8 Å². The molecule has 0 atom stereocenters. The molecule has 1 heterocycles. The largest absolute Gasteiger partial charge is 0.466 e. The van der Waals surface area contributed by atoms with Gasteiger partial charge >= 0.3 is 11.9 Å². The van der Waals surface area contributed by atoms with Crippen LogP contribution in [0.3, 0.4) is 0 Å². The molecule has 0 radical (unpaired) electrons. The Bertz CT molecular complexity index is 370. The number of aromatic amines is 1. The molecule has 0 aliphatic carbocycles. The summed E-state index contributed by atoms with van der Waals surface area (Å²) in [5.41, 5.74) is 1.20. The summed E-state index contributed by atoms with van der Waals surface area (Å²) >= 11 is 0. The summed E-state index contributed by atoms with van der Waals surface area (Å²) in [5, 5.41) is 0. The number of hydrogen-bond donors (Lipinski definition) is 1. The first kappa shape index (κ1) is 12.3. The van der Waals surface area contributed by atoms with Gasteiger partial charge in [-0.25, -0.2) is 4.79 Å². The van der Waals surface area contributed by atoms with Crippen LogP contribution < -0.4 is 0 Å². The van der Waals surface area contributed by atoms with Crippen LogP contribution in [-0.4, -0.2) is 30.6 Å². The maximum absolute atomic E-state index is 11.1. The predicted octanol–water partition coefficient (Wildman–Crippen LogP) is 1.30. The van der Waals surface area contributed by atoms with Crippen molar-refractivity contribution in [1.82, 2.24) is 4.98 Å². The highest BCUT2D eigenvalue weighted by molar-refractivity contribution is 5.87. The van der Waals surface area contributed by atoms with Gasteiger partial charge in [0.2, 0.25) is 0 Å². The fourth-order valence-electron chi connectivity index (χ4n) is 1.28. The van der Waals surface area contributed by atoms with Crippen LogP contribution in [-0.2, 0) is 20.7 Å². The van der Waals surface area contributed by atoms with Crippen molar-refractivity contribution in [1.29, 1.82) is 0 Å². The van der Waals surface area contributed by atoms with Gasteiger partial charge in [-0.15, -0.1) is 0 Å². The van der Waals surface area contributed by atoms with Crippen LogP contribution in [0.15, 0.2) is 12.1 Å². The highest BCUT2D eigenvalue weighted by atomic mass is 16.5. The SMILES string of the molecule is CCOC(=O)CCc1ccc(C(=O)OC)[nH]1. The van der Waals surface area contributed by atoms with Crippen molar-refractivity contribution in [2.24, 2.45) is 0 Å². The van der Waals surface area contributed by atoms with Crippen LogP contribution in [0.4, 0.5) is 0 Å². The van der Waals surface area contributed by atoms with Gasteiger partial charge in [-0.1, -0.05) is 0 Å². The highest BCUT2D eigenvalue weighted by Crippen LogP contribution is 2.06. The molecule has 88 valence electrons. The lowest BCUT2D eigenvalue weighted by atomic mass is 10.2. The summed E-state index contributed by atoms with van der Waals surface area (Å²) in [7, 11) is 1.32. The van der Waals surface area contributed by atoms with E-state index in [0.29, 0.717) is 25.1 Å². The lowest BCUT2D eigenvalue weighted by molar-refractivity contribution is -0.143. The normalized spacial score (nSPS) is 9.88. The molecule has 0 fully saturated rings. The molecule has 0 saturated heterocycles. The van der Waals surface area contributed by atoms with E-state index < -0.39 is 5.97 Å². The zero-order valence-electron chi connectivity index (χ0n) is 9.41. The van der Waals surface area contributed by atoms with Gasteiger partial charge in [0, 0.05) is 5.69 Å². The first-order valence-corrected chi connectivity index (χ1v) is 5.09. The Kier molecular flexibility index (Phi) is 4.57. The van der Waals surface area contributed by atoms with E-state index in [2.05, 4.69) is 9.72 Å². The van der Waals surface area contributed by atoms with Gasteiger partial charge in [0.1, 0.15) is 5.69 Å². The van der Waals surface area contributed by atoms with Gasteiger partial charge in [-0.3, -0.25) is 4.79 Å². The zero-order valence-corrected chi connectivity index (χ0v) is 9.41. The number of esters is 2. The Balaban J connectivity index is 2.46. The van der Waals surface area contributed by atoms with Crippen molar-refractivity contribution in [3.8, 4) is 0 Å². The Hall–Kier alpha value is -1.78. The number of ether oxygens (including phenoxy) is 2. The van der Waals surface area contributed by atoms with Crippen molar-refractivity contribution >= 4 is 11.9 Å². The van der Waals surface area contributed by atoms with Gasteiger partial charge in [0.25, 0.3) is 0 Å². The smallest absolute Gasteiger partial charge is 0.354 e. The number of H-pyrrole nitrogens is 1. The lowest BCUT2D eigenvalue weighted by Gasteiger charge is -2.00. The van der Waals surface area contributed by atoms with E-state index in [0.717, 1.165) is 5.69 Å². The monoisotopic (exact) mass is 225 g/mol. The third-order valence-electron chi connectivity index (χ3n) is 2.06. The number of carbonyl (C=O) groups excluding carboxylic acids is 2. The average Bonchev–Trinajstić information content (AvgIpc) is 2.74. The highest BCUT2D eigenvalue weighted by Gasteiger charge is 2.09. The summed E-state index contributed by atoms with van der Waals surface area (Å²) in [5.74, 6) is -0.654. The number of aromatic nitrogens is 1. The van der Waals surface area contributed by atoms with Crippen LogP contribution in [0, 0.1) is 0 Å². The summed E-state index contributed by atoms with van der Waals surface area (Å²) in [4.78, 5) is 25.1. The number of aryl methyl sites for hydroxylation is 1. The molecule has 16 heavy (non-hydrogen) atoms. The molecule has 1 aromatic heterocycles. The Morgan fingerprint density at radius 2 is 2.12 bits per heavy atom. The van der Waals surface area contributed by atoms with Gasteiger partial charge in [0.15, 0.2) is 0 Å². The van der Waals surface area contributed by atoms with Crippen molar-refractivity contribution in [2.75, 3.05) is 13.7 Å². The van der Waals surface area contributed by atoms with Crippen LogP contribution in [0.25, 0.3) is 0 Å². The minimum Gasteiger partial charge on any atom is -0.466 e. The second-order valence-electron chi connectivity index (χ2n) is 3.19. The van der Waals surface area contributed by atoms with E-state index in [-0.39, 0.29) is 5.97 Å². The van der Waals surface area contributed by atoms with E-state index in [1.807, 2.05) is 0 Å². The average molecular weight is 225 g/mol. The third kappa shape index (κ3) is 3.42. The molecule has 5 nitrogen and oxygen atoms in total. The molecular weight excluding hydrogens is 210 g/mol. The number of rotatable bonds is 5. The van der Waals surface area contributed by atoms with Crippen molar-refractivity contribution < 1.29 is 19.1 Å². The number of hydrogen-bond acceptors (Lipinski definition) is 4. The van der Waals surface area contributed by atoms with Crippen LogP contribution in [0.2, 0.25) is 0 Å². The van der Waals surface area contributed by atoms with Crippen LogP contribution in [0.1, 0.15) is 29.5 Å². The molecule has 1 N–H and O–H groups in total.